The van der Waals surface area contributed by atoms with E-state index >= 15 is 0 Å². The van der Waals surface area contributed by atoms with E-state index in [0.29, 0.717) is 30.7 Å². The number of imidazole rings is 1. The lowest BCUT2D eigenvalue weighted by Crippen LogP contribution is -2.39. The van der Waals surface area contributed by atoms with Gasteiger partial charge in [-0.15, -0.1) is 5.10 Å². The predicted octanol–water partition coefficient (Wildman–Crippen LogP) is 2.72. The average molecular weight is 981 g/mol. The molecule has 65 heavy (non-hydrogen) atoms. The van der Waals surface area contributed by atoms with Crippen molar-refractivity contribution in [1.82, 2.24) is 34.5 Å². The van der Waals surface area contributed by atoms with Gasteiger partial charge in [-0.25, -0.2) is 33.3 Å². The molecule has 8 N–H and O–H groups in total. The highest BCUT2D eigenvalue weighted by atomic mass is 31.3. The number of hydrogen-bond acceptors (Lipinski definition) is 19. The molecule has 0 spiro atoms. The van der Waals surface area contributed by atoms with Crippen molar-refractivity contribution in [2.75, 3.05) is 25.6 Å². The number of nitrogens with two attached hydrogens (primary N) is 1. The van der Waals surface area contributed by atoms with Crippen molar-refractivity contribution in [3.8, 4) is 0 Å². The molecule has 0 aromatic carbocycles. The minimum atomic E-state index is -5.56. The van der Waals surface area contributed by atoms with Gasteiger partial charge in [-0.05, 0) is 77.0 Å². The van der Waals surface area contributed by atoms with E-state index < -0.39 is 78.5 Å². The fraction of sp³-hybridized carbons (Fsp3) is 0.757. The number of aliphatic hydroxyl groups excluding tert-OH is 2. The van der Waals surface area contributed by atoms with E-state index in [1.54, 1.807) is 0 Å². The van der Waals surface area contributed by atoms with Gasteiger partial charge in [0.25, 0.3) is 0 Å². The molecule has 364 valence electrons. The maximum atomic E-state index is 12.9. The van der Waals surface area contributed by atoms with E-state index in [9.17, 15) is 53.1 Å². The van der Waals surface area contributed by atoms with Crippen molar-refractivity contribution in [2.45, 2.75) is 135 Å². The number of ketones is 2. The number of aromatic nitrogens is 7. The van der Waals surface area contributed by atoms with Gasteiger partial charge in [-0.1, -0.05) is 19.1 Å². The quantitative estimate of drug-likeness (QED) is 0.0672. The summed E-state index contributed by atoms with van der Waals surface area (Å²) in [5.74, 6) is 1.09. The third-order valence-corrected chi connectivity index (χ3v) is 14.9. The van der Waals surface area contributed by atoms with E-state index in [0.717, 1.165) is 60.9 Å². The van der Waals surface area contributed by atoms with Crippen LogP contribution in [0.4, 0.5) is 5.82 Å². The number of rotatable bonds is 23. The molecule has 2 aliphatic carbocycles. The van der Waals surface area contributed by atoms with Crippen LogP contribution in [0.2, 0.25) is 0 Å². The number of anilines is 1. The van der Waals surface area contributed by atoms with Crippen LogP contribution >= 0.6 is 23.5 Å². The van der Waals surface area contributed by atoms with E-state index in [4.69, 9.17) is 24.3 Å². The summed E-state index contributed by atoms with van der Waals surface area (Å²) in [6, 6.07) is 0. The number of phosphoric acid groups is 3. The number of nitrogens with zero attached hydrogens (tertiary/aromatic N) is 7. The van der Waals surface area contributed by atoms with Crippen molar-refractivity contribution >= 4 is 52.0 Å². The monoisotopic (exact) mass is 980 g/mol. The summed E-state index contributed by atoms with van der Waals surface area (Å²) < 4.78 is 70.7. The summed E-state index contributed by atoms with van der Waals surface area (Å²) in [6.07, 6.45) is -1.84. The Morgan fingerprint density at radius 1 is 0.938 bits per heavy atom. The van der Waals surface area contributed by atoms with Crippen molar-refractivity contribution in [3.05, 3.63) is 24.0 Å². The van der Waals surface area contributed by atoms with Gasteiger partial charge in [0, 0.05) is 31.2 Å². The smallest absolute Gasteiger partial charge is 0.386 e. The van der Waals surface area contributed by atoms with Crippen molar-refractivity contribution in [1.29, 1.82) is 0 Å². The largest absolute Gasteiger partial charge is 0.481 e. The SMILES string of the molecule is CC(C)(C)OC[C@H]1C2CCc3nnn(CCCC(=O)CCCC(=O)C(O)C(C)(C)COP(=O)(O)OP(=O)(O)OCC4OC(n5cnc6c(N)ncnc65)C(O)C4OP(=O)(O)O)c3CCC21. The molecule has 0 radical (unpaired) electrons. The van der Waals surface area contributed by atoms with Gasteiger partial charge < -0.3 is 45.0 Å². The molecule has 25 nitrogen and oxygen atoms in total. The number of phosphoric ester groups is 3. The van der Waals surface area contributed by atoms with Crippen LogP contribution in [-0.2, 0) is 70.0 Å². The third-order valence-electron chi connectivity index (χ3n) is 11.8. The molecule has 10 atom stereocenters. The molecule has 1 saturated heterocycles. The van der Waals surface area contributed by atoms with E-state index in [1.165, 1.54) is 13.8 Å². The van der Waals surface area contributed by atoms with Gasteiger partial charge in [-0.2, -0.15) is 4.31 Å². The number of carbonyl (C=O) groups excluding carboxylic acids is 2. The number of Topliss-reactive ketones (excluding diaryl/α,β-unsaturated/α-hetero) is 2. The molecule has 1 aliphatic heterocycles. The Morgan fingerprint density at radius 2 is 1.62 bits per heavy atom. The van der Waals surface area contributed by atoms with Gasteiger partial charge in [-0.3, -0.25) is 27.7 Å². The van der Waals surface area contributed by atoms with Crippen molar-refractivity contribution in [2.24, 2.45) is 23.2 Å². The highest BCUT2D eigenvalue weighted by molar-refractivity contribution is 7.61. The van der Waals surface area contributed by atoms with Gasteiger partial charge in [0.15, 0.2) is 23.5 Å². The number of aryl methyl sites for hydroxylation is 2. The molecule has 0 amide bonds. The summed E-state index contributed by atoms with van der Waals surface area (Å²) >= 11 is 0. The Morgan fingerprint density at radius 3 is 2.31 bits per heavy atom. The molecule has 9 unspecified atom stereocenters. The zero-order valence-corrected chi connectivity index (χ0v) is 39.4. The number of carbonyl (C=O) groups is 2. The molecule has 3 aromatic rings. The average Bonchev–Trinajstić information content (AvgIpc) is 3.43. The van der Waals surface area contributed by atoms with Gasteiger partial charge in [0.2, 0.25) is 0 Å². The van der Waals surface area contributed by atoms with Crippen molar-refractivity contribution in [3.63, 3.8) is 0 Å². The highest BCUT2D eigenvalue weighted by Crippen LogP contribution is 2.61. The topological polar surface area (TPSA) is 362 Å². The minimum absolute atomic E-state index is 0.0331. The maximum Gasteiger partial charge on any atom is 0.481 e. The van der Waals surface area contributed by atoms with E-state index in [1.807, 2.05) is 4.68 Å². The Bertz CT molecular complexity index is 2320. The van der Waals surface area contributed by atoms with Gasteiger partial charge in [0.05, 0.1) is 43.1 Å². The Balaban J connectivity index is 0.913. The van der Waals surface area contributed by atoms with Crippen LogP contribution in [-0.4, -0.2) is 126 Å². The van der Waals surface area contributed by atoms with Crippen LogP contribution in [0, 0.1) is 23.2 Å². The molecular weight excluding hydrogens is 921 g/mol. The second-order valence-corrected chi connectivity index (χ2v) is 22.6. The van der Waals surface area contributed by atoms with Gasteiger partial charge in [0.1, 0.15) is 42.0 Å². The fourth-order valence-electron chi connectivity index (χ4n) is 8.28. The molecule has 4 heterocycles. The number of nitrogen functional groups attached to an aromatic ring is 1. The summed E-state index contributed by atoms with van der Waals surface area (Å²) in [5, 5.41) is 30.5. The van der Waals surface area contributed by atoms with E-state index in [2.05, 4.69) is 54.9 Å². The third kappa shape index (κ3) is 13.6. The number of fused-ring (bicyclic) bond motifs is 3. The standard InChI is InChI=1S/C37H59N8O17P3/c1-36(2,3)57-16-24-22-11-13-25-26(14-12-23(22)24)45(43-42-25)15-7-9-21(46)8-6-10-27(47)32(49)37(4,5)18-59-65(55,56)62-64(53,54)58-17-28-31(61-63(50,51)52)30(48)35(60-28)44-20-41-29-33(38)39-19-40-34(29)44/h19-20,22-24,28,30-32,35,48-49H,6-18H2,1-5H3,(H,53,54)(H,55,56)(H2,38,39,40)(H2,50,51,52)/t22?,23?,24-,28?,30?,31?,32?,35?/m0/s1. The van der Waals surface area contributed by atoms with Crippen LogP contribution in [0.1, 0.15) is 97.2 Å². The summed E-state index contributed by atoms with van der Waals surface area (Å²) in [7, 11) is -16.4. The number of hydrogen-bond donors (Lipinski definition) is 7. The first-order valence-electron chi connectivity index (χ1n) is 21.2. The summed E-state index contributed by atoms with van der Waals surface area (Å²) in [4.78, 5) is 77.0. The zero-order valence-electron chi connectivity index (χ0n) is 36.7. The van der Waals surface area contributed by atoms with Crippen LogP contribution < -0.4 is 5.73 Å². The van der Waals surface area contributed by atoms with Crippen LogP contribution in [0.5, 0.6) is 0 Å². The van der Waals surface area contributed by atoms with Crippen LogP contribution in [0.15, 0.2) is 12.7 Å². The van der Waals surface area contributed by atoms with Crippen molar-refractivity contribution < 1.29 is 80.4 Å². The van der Waals surface area contributed by atoms with E-state index in [-0.39, 0.29) is 54.0 Å². The second-order valence-electron chi connectivity index (χ2n) is 18.3. The highest BCUT2D eigenvalue weighted by Gasteiger charge is 2.51. The normalized spacial score (nSPS) is 26.1. The molecule has 3 aromatic heterocycles. The first-order chi connectivity index (χ1) is 30.2. The lowest BCUT2D eigenvalue weighted by Gasteiger charge is -2.30. The first kappa shape index (κ1) is 51.4. The lowest BCUT2D eigenvalue weighted by molar-refractivity contribution is -0.134. The Kier molecular flexibility index (Phi) is 16.1. The second kappa shape index (κ2) is 20.3. The fourth-order valence-corrected chi connectivity index (χ4v) is 11.1. The number of aliphatic hydroxyl groups is 2. The molecular formula is C37H59N8O17P3. The predicted molar refractivity (Wildman–Crippen MR) is 225 cm³/mol. The summed E-state index contributed by atoms with van der Waals surface area (Å²) in [5.41, 5.74) is 6.36. The molecule has 3 aliphatic rings. The first-order valence-corrected chi connectivity index (χ1v) is 25.7. The molecule has 2 fully saturated rings. The molecule has 1 saturated carbocycles. The van der Waals surface area contributed by atoms with Gasteiger partial charge >= 0.3 is 23.5 Å². The van der Waals surface area contributed by atoms with Crippen LogP contribution in [0.3, 0.4) is 0 Å². The summed E-state index contributed by atoms with van der Waals surface area (Å²) in [6.45, 7) is 8.23. The Hall–Kier alpha value is -2.96. The molecule has 0 bridgehead atoms. The molecule has 28 heteroatoms. The van der Waals surface area contributed by atoms with Crippen LogP contribution in [0.25, 0.3) is 11.2 Å². The zero-order chi connectivity index (χ0) is 47.7. The lowest BCUT2D eigenvalue weighted by atomic mass is 9.84. The maximum absolute atomic E-state index is 12.9. The molecule has 6 rings (SSSR count). The minimum Gasteiger partial charge on any atom is -0.386 e. The Labute approximate surface area is 374 Å². The number of ether oxygens (including phenoxy) is 2.